The van der Waals surface area contributed by atoms with Crippen molar-refractivity contribution in [1.82, 2.24) is 4.98 Å². The zero-order chi connectivity index (χ0) is 12.3. The van der Waals surface area contributed by atoms with Crippen molar-refractivity contribution in [1.29, 1.82) is 0 Å². The van der Waals surface area contributed by atoms with Gasteiger partial charge in [-0.25, -0.2) is 18.6 Å². The molecule has 1 heterocycles. The Labute approximate surface area is 109 Å². The molecule has 0 bridgehead atoms. The molecule has 7 heteroatoms. The number of alkyl halides is 2. The fourth-order valence-corrected chi connectivity index (χ4v) is 1.85. The van der Waals surface area contributed by atoms with Gasteiger partial charge in [-0.15, -0.1) is 0 Å². The van der Waals surface area contributed by atoms with Crippen LogP contribution >= 0.6 is 34.2 Å². The lowest BCUT2D eigenvalue weighted by molar-refractivity contribution is 0.0519. The molecule has 1 aromatic rings. The van der Waals surface area contributed by atoms with Gasteiger partial charge in [0.2, 0.25) is 0 Å². The van der Waals surface area contributed by atoms with E-state index in [0.29, 0.717) is 0 Å². The predicted molar refractivity (Wildman–Crippen MR) is 62.9 cm³/mol. The molecule has 0 unspecified atom stereocenters. The largest absolute Gasteiger partial charge is 0.461 e. The summed E-state index contributed by atoms with van der Waals surface area (Å²) in [6.07, 6.45) is -2.67. The highest BCUT2D eigenvalue weighted by Crippen LogP contribution is 2.27. The predicted octanol–water partition coefficient (Wildman–Crippen LogP) is 3.45. The number of rotatable bonds is 3. The lowest BCUT2D eigenvalue weighted by atomic mass is 10.2. The molecular weight excluding hydrogens is 354 g/mol. The summed E-state index contributed by atoms with van der Waals surface area (Å²) in [5.41, 5.74) is -0.434. The van der Waals surface area contributed by atoms with Crippen molar-refractivity contribution in [2.24, 2.45) is 0 Å². The van der Waals surface area contributed by atoms with E-state index in [1.54, 1.807) is 29.5 Å². The maximum Gasteiger partial charge on any atom is 0.358 e. The Morgan fingerprint density at radius 3 is 2.81 bits per heavy atom. The summed E-state index contributed by atoms with van der Waals surface area (Å²) < 4.78 is 29.7. The van der Waals surface area contributed by atoms with Crippen LogP contribution in [0.5, 0.6) is 0 Å². The first kappa shape index (κ1) is 13.6. The minimum Gasteiger partial charge on any atom is -0.461 e. The molecule has 0 aliphatic carbocycles. The highest BCUT2D eigenvalue weighted by molar-refractivity contribution is 14.1. The second kappa shape index (κ2) is 5.72. The van der Waals surface area contributed by atoms with Crippen LogP contribution in [0.3, 0.4) is 0 Å². The van der Waals surface area contributed by atoms with E-state index in [2.05, 4.69) is 9.72 Å². The first-order chi connectivity index (χ1) is 7.47. The molecule has 88 valence electrons. The van der Waals surface area contributed by atoms with Crippen molar-refractivity contribution >= 4 is 40.2 Å². The van der Waals surface area contributed by atoms with Gasteiger partial charge in [-0.3, -0.25) is 0 Å². The van der Waals surface area contributed by atoms with Gasteiger partial charge in [0.1, 0.15) is 3.70 Å². The number of ether oxygens (including phenoxy) is 1. The Kier molecular flexibility index (Phi) is 4.85. The van der Waals surface area contributed by atoms with Crippen LogP contribution in [0.25, 0.3) is 0 Å². The van der Waals surface area contributed by atoms with Crippen LogP contribution in [0.1, 0.15) is 29.4 Å². The first-order valence-corrected chi connectivity index (χ1v) is 5.74. The Morgan fingerprint density at radius 1 is 1.69 bits per heavy atom. The standard InChI is InChI=1S/C9H7ClF2INO2/c1-2-16-9(15)6-5(10)3-4(7(11)12)8(13)14-6/h3,7H,2H2,1H3. The highest BCUT2D eigenvalue weighted by atomic mass is 127. The lowest BCUT2D eigenvalue weighted by Gasteiger charge is -2.07. The van der Waals surface area contributed by atoms with Crippen LogP contribution in [-0.2, 0) is 4.74 Å². The summed E-state index contributed by atoms with van der Waals surface area (Å²) in [5.74, 6) is -0.716. The fraction of sp³-hybridized carbons (Fsp3) is 0.333. The van der Waals surface area contributed by atoms with E-state index >= 15 is 0 Å². The van der Waals surface area contributed by atoms with E-state index < -0.39 is 12.4 Å². The van der Waals surface area contributed by atoms with Gasteiger partial charge in [-0.05, 0) is 35.6 Å². The van der Waals surface area contributed by atoms with Crippen molar-refractivity contribution in [3.05, 3.63) is 26.0 Å². The van der Waals surface area contributed by atoms with Gasteiger partial charge in [-0.2, -0.15) is 0 Å². The second-order valence-electron chi connectivity index (χ2n) is 2.72. The molecule has 0 aliphatic heterocycles. The van der Waals surface area contributed by atoms with Gasteiger partial charge < -0.3 is 4.74 Å². The summed E-state index contributed by atoms with van der Waals surface area (Å²) in [6.45, 7) is 1.80. The average molecular weight is 362 g/mol. The van der Waals surface area contributed by atoms with E-state index in [0.717, 1.165) is 6.07 Å². The summed E-state index contributed by atoms with van der Waals surface area (Å²) in [5, 5.41) is -0.130. The minimum atomic E-state index is -2.67. The van der Waals surface area contributed by atoms with E-state index in [9.17, 15) is 13.6 Å². The van der Waals surface area contributed by atoms with Crippen LogP contribution < -0.4 is 0 Å². The maximum atomic E-state index is 12.5. The van der Waals surface area contributed by atoms with Crippen molar-refractivity contribution in [3.63, 3.8) is 0 Å². The van der Waals surface area contributed by atoms with Crippen LogP contribution in [0, 0.1) is 3.70 Å². The van der Waals surface area contributed by atoms with Gasteiger partial charge in [0.25, 0.3) is 6.43 Å². The minimum absolute atomic E-state index is 0.0417. The fourth-order valence-electron chi connectivity index (χ4n) is 0.976. The zero-order valence-electron chi connectivity index (χ0n) is 8.14. The second-order valence-corrected chi connectivity index (χ2v) is 4.15. The molecule has 0 N–H and O–H groups in total. The SMILES string of the molecule is CCOC(=O)c1nc(I)c(C(F)F)cc1Cl. The molecule has 0 aliphatic rings. The number of carbonyl (C=O) groups excluding carboxylic acids is 1. The Balaban J connectivity index is 3.15. The number of carbonyl (C=O) groups is 1. The molecule has 1 aromatic heterocycles. The molecule has 0 amide bonds. The van der Waals surface area contributed by atoms with Crippen molar-refractivity contribution < 1.29 is 18.3 Å². The summed E-state index contributed by atoms with van der Waals surface area (Å²) in [4.78, 5) is 15.1. The Morgan fingerprint density at radius 2 is 2.31 bits per heavy atom. The topological polar surface area (TPSA) is 39.2 Å². The average Bonchev–Trinajstić information content (AvgIpc) is 2.20. The third-order valence-electron chi connectivity index (χ3n) is 1.66. The maximum absolute atomic E-state index is 12.5. The number of halogens is 4. The quantitative estimate of drug-likeness (QED) is 0.470. The van der Waals surface area contributed by atoms with Gasteiger partial charge in [0.05, 0.1) is 17.2 Å². The van der Waals surface area contributed by atoms with Crippen LogP contribution in [0.15, 0.2) is 6.07 Å². The van der Waals surface area contributed by atoms with Crippen molar-refractivity contribution in [2.75, 3.05) is 6.61 Å². The van der Waals surface area contributed by atoms with Crippen LogP contribution in [0.2, 0.25) is 5.02 Å². The monoisotopic (exact) mass is 361 g/mol. The van der Waals surface area contributed by atoms with Gasteiger partial charge >= 0.3 is 5.97 Å². The third kappa shape index (κ3) is 3.00. The Bertz CT molecular complexity index is 415. The number of esters is 1. The third-order valence-corrected chi connectivity index (χ3v) is 2.81. The molecule has 0 aromatic carbocycles. The number of hydrogen-bond acceptors (Lipinski definition) is 3. The molecule has 0 spiro atoms. The molecule has 0 saturated heterocycles. The summed E-state index contributed by atoms with van der Waals surface area (Å²) in [7, 11) is 0. The van der Waals surface area contributed by atoms with E-state index in [1.165, 1.54) is 0 Å². The molecule has 0 fully saturated rings. The molecule has 0 radical (unpaired) electrons. The van der Waals surface area contributed by atoms with E-state index in [-0.39, 0.29) is 26.6 Å². The number of hydrogen-bond donors (Lipinski definition) is 0. The molecule has 16 heavy (non-hydrogen) atoms. The van der Waals surface area contributed by atoms with Crippen LogP contribution in [0.4, 0.5) is 8.78 Å². The molecule has 3 nitrogen and oxygen atoms in total. The lowest BCUT2D eigenvalue weighted by Crippen LogP contribution is -2.10. The first-order valence-electron chi connectivity index (χ1n) is 4.28. The van der Waals surface area contributed by atoms with Crippen molar-refractivity contribution in [2.45, 2.75) is 13.3 Å². The Hall–Kier alpha value is -0.500. The summed E-state index contributed by atoms with van der Waals surface area (Å²) in [6, 6.07) is 1.03. The number of pyridine rings is 1. The zero-order valence-corrected chi connectivity index (χ0v) is 11.1. The highest BCUT2D eigenvalue weighted by Gasteiger charge is 2.20. The van der Waals surface area contributed by atoms with E-state index in [4.69, 9.17) is 11.6 Å². The molecule has 1 rings (SSSR count). The molecule has 0 atom stereocenters. The number of nitrogens with zero attached hydrogens (tertiary/aromatic N) is 1. The molecule has 0 saturated carbocycles. The van der Waals surface area contributed by atoms with Crippen LogP contribution in [-0.4, -0.2) is 17.6 Å². The summed E-state index contributed by atoms with van der Waals surface area (Å²) >= 11 is 7.30. The molecular formula is C9H7ClF2INO2. The van der Waals surface area contributed by atoms with Gasteiger partial charge in [0.15, 0.2) is 5.69 Å². The number of aromatic nitrogens is 1. The van der Waals surface area contributed by atoms with Gasteiger partial charge in [-0.1, -0.05) is 11.6 Å². The van der Waals surface area contributed by atoms with E-state index in [1.807, 2.05) is 0 Å². The van der Waals surface area contributed by atoms with Gasteiger partial charge in [0, 0.05) is 0 Å². The smallest absolute Gasteiger partial charge is 0.358 e. The normalized spacial score (nSPS) is 10.6. The van der Waals surface area contributed by atoms with Crippen molar-refractivity contribution in [3.8, 4) is 0 Å².